The van der Waals surface area contributed by atoms with Crippen molar-refractivity contribution in [1.29, 1.82) is 0 Å². The molecule has 37 heavy (non-hydrogen) atoms. The van der Waals surface area contributed by atoms with Crippen molar-refractivity contribution < 1.29 is 18.1 Å². The standard InChI is InChI=1S/C28H21N3O5S/c1-19-10-16-22(17-11-19)37(35,36)30(20-12-14-21(15-13-20)31(33)34)28(32)18-25-23-6-2-4-8-26(23)29-27-9-5-3-7-24(25)27/h2-17H,18H2,1H3. The summed E-state index contributed by atoms with van der Waals surface area (Å²) in [6.45, 7) is 1.83. The summed E-state index contributed by atoms with van der Waals surface area (Å²) in [5.41, 5.74) is 2.69. The number of fused-ring (bicyclic) bond motifs is 2. The first-order valence-electron chi connectivity index (χ1n) is 11.4. The Hall–Kier alpha value is -4.63. The number of aryl methyl sites for hydroxylation is 1. The van der Waals surface area contributed by atoms with Gasteiger partial charge in [0.1, 0.15) is 0 Å². The number of anilines is 1. The van der Waals surface area contributed by atoms with E-state index >= 15 is 0 Å². The highest BCUT2D eigenvalue weighted by molar-refractivity contribution is 7.93. The molecule has 184 valence electrons. The number of hydrogen-bond acceptors (Lipinski definition) is 6. The van der Waals surface area contributed by atoms with Crippen LogP contribution in [0.1, 0.15) is 11.1 Å². The van der Waals surface area contributed by atoms with Crippen molar-refractivity contribution in [1.82, 2.24) is 4.98 Å². The summed E-state index contributed by atoms with van der Waals surface area (Å²) < 4.78 is 28.3. The Kier molecular flexibility index (Phi) is 6.14. The third-order valence-electron chi connectivity index (χ3n) is 6.11. The Morgan fingerprint density at radius 1 is 0.838 bits per heavy atom. The van der Waals surface area contributed by atoms with Crippen LogP contribution in [-0.4, -0.2) is 24.2 Å². The lowest BCUT2D eigenvalue weighted by molar-refractivity contribution is -0.384. The summed E-state index contributed by atoms with van der Waals surface area (Å²) in [6.07, 6.45) is -0.231. The van der Waals surface area contributed by atoms with Crippen molar-refractivity contribution in [3.05, 3.63) is 118 Å². The lowest BCUT2D eigenvalue weighted by atomic mass is 9.99. The number of hydrogen-bond donors (Lipinski definition) is 0. The number of non-ortho nitro benzene ring substituents is 1. The van der Waals surface area contributed by atoms with Gasteiger partial charge in [-0.25, -0.2) is 17.7 Å². The van der Waals surface area contributed by atoms with Crippen molar-refractivity contribution >= 4 is 49.1 Å². The molecule has 0 saturated heterocycles. The molecule has 0 spiro atoms. The van der Waals surface area contributed by atoms with Gasteiger partial charge in [-0.15, -0.1) is 0 Å². The third kappa shape index (κ3) is 4.52. The van der Waals surface area contributed by atoms with Crippen LogP contribution in [0.15, 0.2) is 102 Å². The molecule has 0 unspecified atom stereocenters. The molecule has 0 aliphatic rings. The van der Waals surface area contributed by atoms with E-state index in [-0.39, 0.29) is 22.7 Å². The molecule has 0 aliphatic heterocycles. The first kappa shape index (κ1) is 24.1. The molecule has 0 aliphatic carbocycles. The molecule has 1 aromatic heterocycles. The highest BCUT2D eigenvalue weighted by atomic mass is 32.2. The number of pyridine rings is 1. The van der Waals surface area contributed by atoms with Gasteiger partial charge in [0.15, 0.2) is 0 Å². The molecule has 8 nitrogen and oxygen atoms in total. The fourth-order valence-electron chi connectivity index (χ4n) is 4.28. The number of rotatable bonds is 6. The predicted octanol–water partition coefficient (Wildman–Crippen LogP) is 5.57. The average Bonchev–Trinajstić information content (AvgIpc) is 2.89. The van der Waals surface area contributed by atoms with E-state index in [9.17, 15) is 23.3 Å². The van der Waals surface area contributed by atoms with Gasteiger partial charge in [0.05, 0.1) is 33.0 Å². The van der Waals surface area contributed by atoms with Crippen molar-refractivity contribution in [3.8, 4) is 0 Å². The monoisotopic (exact) mass is 511 g/mol. The number of aromatic nitrogens is 1. The lowest BCUT2D eigenvalue weighted by Gasteiger charge is -2.23. The van der Waals surface area contributed by atoms with Crippen LogP contribution >= 0.6 is 0 Å². The molecule has 0 fully saturated rings. The number of carbonyl (C=O) groups excluding carboxylic acids is 1. The second kappa shape index (κ2) is 9.44. The second-order valence-electron chi connectivity index (χ2n) is 8.55. The summed E-state index contributed by atoms with van der Waals surface area (Å²) in [5.74, 6) is -0.698. The molecular formula is C28H21N3O5S. The normalized spacial score (nSPS) is 11.5. The number of benzene rings is 4. The van der Waals surface area contributed by atoms with Crippen molar-refractivity contribution in [2.75, 3.05) is 4.31 Å². The maximum atomic E-state index is 13.9. The van der Waals surface area contributed by atoms with Gasteiger partial charge in [-0.2, -0.15) is 0 Å². The number of sulfonamides is 1. The van der Waals surface area contributed by atoms with E-state index < -0.39 is 20.9 Å². The largest absolute Gasteiger partial charge is 0.273 e. The minimum Gasteiger partial charge on any atom is -0.273 e. The third-order valence-corrected chi connectivity index (χ3v) is 7.87. The molecule has 1 amide bonds. The van der Waals surface area contributed by atoms with Gasteiger partial charge in [-0.1, -0.05) is 54.1 Å². The average molecular weight is 512 g/mol. The van der Waals surface area contributed by atoms with E-state index in [1.807, 2.05) is 55.5 Å². The van der Waals surface area contributed by atoms with Crippen LogP contribution in [0, 0.1) is 17.0 Å². The smallest absolute Gasteiger partial charge is 0.270 e. The van der Waals surface area contributed by atoms with Crippen LogP contribution < -0.4 is 4.31 Å². The van der Waals surface area contributed by atoms with E-state index in [0.717, 1.165) is 20.6 Å². The van der Waals surface area contributed by atoms with Crippen molar-refractivity contribution in [2.45, 2.75) is 18.2 Å². The van der Waals surface area contributed by atoms with E-state index in [1.165, 1.54) is 36.4 Å². The molecular weight excluding hydrogens is 490 g/mol. The zero-order valence-corrected chi connectivity index (χ0v) is 20.6. The SMILES string of the molecule is Cc1ccc(S(=O)(=O)N(C(=O)Cc2c3ccccc3nc3ccccc23)c2ccc([N+](=O)[O-])cc2)cc1. The Balaban J connectivity index is 1.66. The number of nitro groups is 1. The minimum absolute atomic E-state index is 0.0128. The maximum Gasteiger partial charge on any atom is 0.270 e. The van der Waals surface area contributed by atoms with Gasteiger partial charge in [0.25, 0.3) is 15.7 Å². The highest BCUT2D eigenvalue weighted by Crippen LogP contribution is 2.30. The molecule has 9 heteroatoms. The molecule has 4 aromatic carbocycles. The lowest BCUT2D eigenvalue weighted by Crippen LogP contribution is -2.38. The molecule has 0 saturated carbocycles. The summed E-state index contributed by atoms with van der Waals surface area (Å²) >= 11 is 0. The number of amides is 1. The van der Waals surface area contributed by atoms with E-state index in [1.54, 1.807) is 12.1 Å². The fraction of sp³-hybridized carbons (Fsp3) is 0.0714. The Morgan fingerprint density at radius 3 is 1.92 bits per heavy atom. The summed E-state index contributed by atoms with van der Waals surface area (Å²) in [4.78, 5) is 29.1. The van der Waals surface area contributed by atoms with Crippen molar-refractivity contribution in [2.24, 2.45) is 0 Å². The maximum absolute atomic E-state index is 13.9. The van der Waals surface area contributed by atoms with E-state index in [0.29, 0.717) is 16.6 Å². The summed E-state index contributed by atoms with van der Waals surface area (Å²) in [6, 6.07) is 25.8. The van der Waals surface area contributed by atoms with Crippen LogP contribution in [0.25, 0.3) is 21.8 Å². The molecule has 0 radical (unpaired) electrons. The topological polar surface area (TPSA) is 110 Å². The quantitative estimate of drug-likeness (QED) is 0.167. The van der Waals surface area contributed by atoms with Crippen LogP contribution in [0.5, 0.6) is 0 Å². The van der Waals surface area contributed by atoms with Crippen molar-refractivity contribution in [3.63, 3.8) is 0 Å². The van der Waals surface area contributed by atoms with Gasteiger partial charge in [-0.3, -0.25) is 14.9 Å². The fourth-order valence-corrected chi connectivity index (χ4v) is 5.71. The molecule has 0 N–H and O–H groups in total. The highest BCUT2D eigenvalue weighted by Gasteiger charge is 2.32. The number of nitro benzene ring substituents is 1. The number of carbonyl (C=O) groups is 1. The van der Waals surface area contributed by atoms with Gasteiger partial charge in [0, 0.05) is 22.9 Å². The zero-order valence-electron chi connectivity index (χ0n) is 19.7. The molecule has 0 bridgehead atoms. The Morgan fingerprint density at radius 2 is 1.38 bits per heavy atom. The predicted molar refractivity (Wildman–Crippen MR) is 142 cm³/mol. The van der Waals surface area contributed by atoms with E-state index in [4.69, 9.17) is 0 Å². The first-order valence-corrected chi connectivity index (χ1v) is 12.9. The van der Waals surface area contributed by atoms with Gasteiger partial charge < -0.3 is 0 Å². The van der Waals surface area contributed by atoms with Crippen LogP contribution in [0.4, 0.5) is 11.4 Å². The first-order chi connectivity index (χ1) is 17.8. The number of nitrogens with zero attached hydrogens (tertiary/aromatic N) is 3. The van der Waals surface area contributed by atoms with E-state index in [2.05, 4.69) is 4.98 Å². The number of para-hydroxylation sites is 2. The Labute approximate surface area is 213 Å². The van der Waals surface area contributed by atoms with Crippen LogP contribution in [-0.2, 0) is 21.2 Å². The molecule has 1 heterocycles. The molecule has 0 atom stereocenters. The summed E-state index contributed by atoms with van der Waals surface area (Å²) in [7, 11) is -4.33. The van der Waals surface area contributed by atoms with Crippen LogP contribution in [0.3, 0.4) is 0 Å². The van der Waals surface area contributed by atoms with Gasteiger partial charge in [-0.05, 0) is 48.9 Å². The minimum atomic E-state index is -4.33. The summed E-state index contributed by atoms with van der Waals surface area (Å²) in [5, 5.41) is 12.6. The van der Waals surface area contributed by atoms with Gasteiger partial charge in [0.2, 0.25) is 5.91 Å². The van der Waals surface area contributed by atoms with Crippen LogP contribution in [0.2, 0.25) is 0 Å². The van der Waals surface area contributed by atoms with Gasteiger partial charge >= 0.3 is 0 Å². The molecule has 5 aromatic rings. The Bertz CT molecular complexity index is 1710. The second-order valence-corrected chi connectivity index (χ2v) is 10.3. The molecule has 5 rings (SSSR count). The zero-order chi connectivity index (χ0) is 26.2.